The molecule has 2 amide bonds. The second-order valence-corrected chi connectivity index (χ2v) is 11.7. The maximum Gasteiger partial charge on any atom is 0.304 e. The monoisotopic (exact) mass is 550 g/mol. The van der Waals surface area contributed by atoms with E-state index in [2.05, 4.69) is 5.32 Å². The average molecular weight is 551 g/mol. The van der Waals surface area contributed by atoms with Crippen molar-refractivity contribution in [2.45, 2.75) is 39.3 Å². The van der Waals surface area contributed by atoms with Crippen molar-refractivity contribution >= 4 is 27.7 Å². The van der Waals surface area contributed by atoms with Crippen molar-refractivity contribution in [3.63, 3.8) is 0 Å². The molecule has 9 heteroatoms. The second kappa shape index (κ2) is 13.9. The lowest BCUT2D eigenvalue weighted by atomic mass is 10.0. The highest BCUT2D eigenvalue weighted by atomic mass is 32.2. The maximum absolute atomic E-state index is 14.1. The molecular formula is C30H38N4O4S. The molecule has 0 aromatic heterocycles. The van der Waals surface area contributed by atoms with E-state index in [1.165, 1.54) is 19.0 Å². The Hall–Kier alpha value is -3.69. The van der Waals surface area contributed by atoms with Gasteiger partial charge in [0.2, 0.25) is 11.8 Å². The van der Waals surface area contributed by atoms with Gasteiger partial charge in [-0.15, -0.1) is 0 Å². The molecule has 3 aromatic rings. The fourth-order valence-corrected chi connectivity index (χ4v) is 5.29. The van der Waals surface area contributed by atoms with Crippen LogP contribution in [0, 0.1) is 6.92 Å². The second-order valence-electron chi connectivity index (χ2n) is 9.64. The number of carbonyl (C=O) groups is 2. The van der Waals surface area contributed by atoms with Gasteiger partial charge in [-0.2, -0.15) is 12.7 Å². The summed E-state index contributed by atoms with van der Waals surface area (Å²) in [5.74, 6) is -0.748. The molecule has 1 N–H and O–H groups in total. The summed E-state index contributed by atoms with van der Waals surface area (Å²) in [6, 6.07) is 24.9. The fourth-order valence-electron chi connectivity index (χ4n) is 4.24. The van der Waals surface area contributed by atoms with E-state index >= 15 is 0 Å². The highest BCUT2D eigenvalue weighted by molar-refractivity contribution is 7.90. The molecular weight excluding hydrogens is 512 g/mol. The number of aryl methyl sites for hydroxylation is 1. The fraction of sp³-hybridized carbons (Fsp3) is 0.333. The Morgan fingerprint density at radius 3 is 2.08 bits per heavy atom. The summed E-state index contributed by atoms with van der Waals surface area (Å²) in [5.41, 5.74) is 3.14. The van der Waals surface area contributed by atoms with Gasteiger partial charge in [0.25, 0.3) is 0 Å². The van der Waals surface area contributed by atoms with Crippen LogP contribution in [-0.2, 0) is 32.8 Å². The molecule has 0 saturated carbocycles. The number of benzene rings is 3. The summed E-state index contributed by atoms with van der Waals surface area (Å²) in [4.78, 5) is 29.1. The third kappa shape index (κ3) is 8.15. The van der Waals surface area contributed by atoms with Gasteiger partial charge in [0, 0.05) is 33.6 Å². The van der Waals surface area contributed by atoms with Gasteiger partial charge in [-0.1, -0.05) is 85.3 Å². The molecule has 8 nitrogen and oxygen atoms in total. The number of anilines is 1. The van der Waals surface area contributed by atoms with Crippen molar-refractivity contribution in [2.75, 3.05) is 31.5 Å². The predicted octanol–water partition coefficient (Wildman–Crippen LogP) is 3.77. The van der Waals surface area contributed by atoms with E-state index in [1.807, 2.05) is 68.4 Å². The lowest BCUT2D eigenvalue weighted by Gasteiger charge is -2.34. The highest BCUT2D eigenvalue weighted by Gasteiger charge is 2.34. The first-order valence-corrected chi connectivity index (χ1v) is 14.4. The minimum Gasteiger partial charge on any atom is -0.354 e. The SMILES string of the molecule is CCCNC(=O)[C@H](Cc1ccccc1)N(Cc1cccc(C)c1)C(=O)CN(c1ccccc1)S(=O)(=O)N(C)C. The Morgan fingerprint density at radius 2 is 1.49 bits per heavy atom. The van der Waals surface area contributed by atoms with Crippen molar-refractivity contribution in [1.29, 1.82) is 0 Å². The van der Waals surface area contributed by atoms with Crippen LogP contribution in [0.4, 0.5) is 5.69 Å². The summed E-state index contributed by atoms with van der Waals surface area (Å²) >= 11 is 0. The van der Waals surface area contributed by atoms with Crippen LogP contribution in [0.25, 0.3) is 0 Å². The predicted molar refractivity (Wildman–Crippen MR) is 155 cm³/mol. The molecule has 0 saturated heterocycles. The molecule has 0 aliphatic heterocycles. The first-order chi connectivity index (χ1) is 18.6. The summed E-state index contributed by atoms with van der Waals surface area (Å²) in [6.45, 7) is 4.10. The molecule has 0 unspecified atom stereocenters. The normalized spacial score (nSPS) is 12.1. The standard InChI is InChI=1S/C30H38N4O4S/c1-5-19-31-30(36)28(21-25-14-8-6-9-15-25)33(22-26-16-12-13-24(2)20-26)29(35)23-34(39(37,38)32(3)4)27-17-10-7-11-18-27/h6-18,20,28H,5,19,21-23H2,1-4H3,(H,31,36)/t28-/m0/s1. The average Bonchev–Trinajstić information content (AvgIpc) is 2.93. The number of hydrogen-bond donors (Lipinski definition) is 1. The van der Waals surface area contributed by atoms with Gasteiger partial charge in [0.05, 0.1) is 5.69 Å². The van der Waals surface area contributed by atoms with E-state index in [9.17, 15) is 18.0 Å². The molecule has 0 bridgehead atoms. The molecule has 3 rings (SSSR count). The Kier molecular flexibility index (Phi) is 10.7. The van der Waals surface area contributed by atoms with Gasteiger partial charge in [-0.25, -0.2) is 4.31 Å². The number of nitrogens with one attached hydrogen (secondary N) is 1. The number of amides is 2. The third-order valence-corrected chi connectivity index (χ3v) is 8.14. The minimum absolute atomic E-state index is 0.155. The number of carbonyl (C=O) groups excluding carboxylic acids is 2. The van der Waals surface area contributed by atoms with Crippen LogP contribution in [-0.4, -0.2) is 62.7 Å². The zero-order valence-electron chi connectivity index (χ0n) is 23.1. The molecule has 0 aliphatic rings. The van der Waals surface area contributed by atoms with E-state index < -0.39 is 28.7 Å². The molecule has 0 heterocycles. The van der Waals surface area contributed by atoms with E-state index in [-0.39, 0.29) is 12.5 Å². The van der Waals surface area contributed by atoms with Crippen molar-refractivity contribution in [3.05, 3.63) is 102 Å². The third-order valence-electron chi connectivity index (χ3n) is 6.32. The largest absolute Gasteiger partial charge is 0.354 e. The summed E-state index contributed by atoms with van der Waals surface area (Å²) in [5, 5.41) is 2.95. The van der Waals surface area contributed by atoms with Crippen LogP contribution in [0.1, 0.15) is 30.0 Å². The molecule has 0 spiro atoms. The van der Waals surface area contributed by atoms with Crippen LogP contribution in [0.2, 0.25) is 0 Å². The molecule has 3 aromatic carbocycles. The van der Waals surface area contributed by atoms with E-state index in [0.717, 1.165) is 31.7 Å². The zero-order valence-corrected chi connectivity index (χ0v) is 23.9. The van der Waals surface area contributed by atoms with Crippen molar-refractivity contribution in [2.24, 2.45) is 0 Å². The Bertz CT molecular complexity index is 1330. The Balaban J connectivity index is 2.06. The van der Waals surface area contributed by atoms with Gasteiger partial charge in [-0.3, -0.25) is 9.59 Å². The Labute approximate surface area is 232 Å². The topological polar surface area (TPSA) is 90.0 Å². The van der Waals surface area contributed by atoms with Gasteiger partial charge in [0.1, 0.15) is 12.6 Å². The van der Waals surface area contributed by atoms with Crippen LogP contribution >= 0.6 is 0 Å². The van der Waals surface area contributed by atoms with Crippen LogP contribution in [0.5, 0.6) is 0 Å². The lowest BCUT2D eigenvalue weighted by Crippen LogP contribution is -2.54. The smallest absolute Gasteiger partial charge is 0.304 e. The van der Waals surface area contributed by atoms with Crippen LogP contribution < -0.4 is 9.62 Å². The number of nitrogens with zero attached hydrogens (tertiary/aromatic N) is 3. The van der Waals surface area contributed by atoms with Crippen molar-refractivity contribution in [3.8, 4) is 0 Å². The first-order valence-electron chi connectivity index (χ1n) is 13.1. The molecule has 39 heavy (non-hydrogen) atoms. The molecule has 0 aliphatic carbocycles. The molecule has 0 fully saturated rings. The quantitative estimate of drug-likeness (QED) is 0.351. The van der Waals surface area contributed by atoms with E-state index in [4.69, 9.17) is 0 Å². The lowest BCUT2D eigenvalue weighted by molar-refractivity contribution is -0.140. The highest BCUT2D eigenvalue weighted by Crippen LogP contribution is 2.21. The van der Waals surface area contributed by atoms with Gasteiger partial charge < -0.3 is 10.2 Å². The van der Waals surface area contributed by atoms with E-state index in [1.54, 1.807) is 30.3 Å². The maximum atomic E-state index is 14.1. The number of para-hydroxylation sites is 1. The summed E-state index contributed by atoms with van der Waals surface area (Å²) < 4.78 is 28.8. The summed E-state index contributed by atoms with van der Waals surface area (Å²) in [7, 11) is -1.15. The zero-order chi connectivity index (χ0) is 28.4. The van der Waals surface area contributed by atoms with Gasteiger partial charge >= 0.3 is 10.2 Å². The van der Waals surface area contributed by atoms with E-state index in [0.29, 0.717) is 18.7 Å². The minimum atomic E-state index is -4.00. The number of hydrogen-bond acceptors (Lipinski definition) is 4. The van der Waals surface area contributed by atoms with Crippen LogP contribution in [0.3, 0.4) is 0 Å². The van der Waals surface area contributed by atoms with Crippen LogP contribution in [0.15, 0.2) is 84.9 Å². The molecule has 1 atom stereocenters. The number of rotatable bonds is 13. The molecule has 0 radical (unpaired) electrons. The van der Waals surface area contributed by atoms with Crippen molar-refractivity contribution < 1.29 is 18.0 Å². The van der Waals surface area contributed by atoms with Crippen molar-refractivity contribution in [1.82, 2.24) is 14.5 Å². The van der Waals surface area contributed by atoms with Gasteiger partial charge in [-0.05, 0) is 36.6 Å². The van der Waals surface area contributed by atoms with Gasteiger partial charge in [0.15, 0.2) is 0 Å². The molecule has 208 valence electrons. The first kappa shape index (κ1) is 29.9. The summed E-state index contributed by atoms with van der Waals surface area (Å²) in [6.07, 6.45) is 1.04. The Morgan fingerprint density at radius 1 is 0.872 bits per heavy atom.